The number of rotatable bonds is 1. The van der Waals surface area contributed by atoms with Gasteiger partial charge in [0.15, 0.2) is 11.5 Å². The highest BCUT2D eigenvalue weighted by Crippen LogP contribution is 2.36. The van der Waals surface area contributed by atoms with Crippen molar-refractivity contribution in [2.24, 2.45) is 0 Å². The molecular formula is C13H14FN3O2. The summed E-state index contributed by atoms with van der Waals surface area (Å²) in [4.78, 5) is 3.76. The van der Waals surface area contributed by atoms with Gasteiger partial charge in [-0.05, 0) is 18.9 Å². The van der Waals surface area contributed by atoms with Crippen LogP contribution < -0.4 is 5.32 Å². The molecule has 5 nitrogen and oxygen atoms in total. The zero-order chi connectivity index (χ0) is 13.5. The molecule has 1 aromatic rings. The molecule has 0 aliphatic carbocycles. The van der Waals surface area contributed by atoms with Gasteiger partial charge in [-0.25, -0.2) is 9.37 Å². The maximum Gasteiger partial charge on any atom is 0.176 e. The second kappa shape index (κ2) is 4.53. The van der Waals surface area contributed by atoms with Gasteiger partial charge >= 0.3 is 0 Å². The van der Waals surface area contributed by atoms with Crippen molar-refractivity contribution in [1.82, 2.24) is 10.3 Å². The lowest BCUT2D eigenvalue weighted by Gasteiger charge is -2.45. The first kappa shape index (κ1) is 12.5. The largest absolute Gasteiger partial charge is 0.385 e. The Balaban J connectivity index is 1.92. The number of nitriles is 1. The van der Waals surface area contributed by atoms with Gasteiger partial charge in [-0.3, -0.25) is 0 Å². The molecule has 0 radical (unpaired) electrons. The molecule has 1 aromatic heterocycles. The van der Waals surface area contributed by atoms with E-state index < -0.39 is 11.4 Å². The zero-order valence-corrected chi connectivity index (χ0v) is 10.3. The average Bonchev–Trinajstić information content (AvgIpc) is 2.38. The molecule has 0 amide bonds. The SMILES string of the molecule is N#Cc1ncc(C2(O)CC3COCC(C2)N3)cc1F. The summed E-state index contributed by atoms with van der Waals surface area (Å²) >= 11 is 0. The van der Waals surface area contributed by atoms with Gasteiger partial charge in [0.05, 0.1) is 18.8 Å². The summed E-state index contributed by atoms with van der Waals surface area (Å²) in [6.07, 6.45) is 2.30. The van der Waals surface area contributed by atoms with E-state index in [9.17, 15) is 9.50 Å². The highest BCUT2D eigenvalue weighted by molar-refractivity contribution is 5.29. The maximum absolute atomic E-state index is 13.6. The van der Waals surface area contributed by atoms with Crippen LogP contribution in [0.2, 0.25) is 0 Å². The van der Waals surface area contributed by atoms with Crippen molar-refractivity contribution in [2.75, 3.05) is 13.2 Å². The fourth-order valence-corrected chi connectivity index (χ4v) is 2.93. The molecule has 3 rings (SSSR count). The predicted molar refractivity (Wildman–Crippen MR) is 63.6 cm³/mol. The molecule has 2 N–H and O–H groups in total. The van der Waals surface area contributed by atoms with Crippen LogP contribution in [0.25, 0.3) is 0 Å². The molecule has 19 heavy (non-hydrogen) atoms. The molecule has 2 bridgehead atoms. The van der Waals surface area contributed by atoms with Crippen LogP contribution in [0.5, 0.6) is 0 Å². The number of pyridine rings is 1. The van der Waals surface area contributed by atoms with Crippen LogP contribution in [0, 0.1) is 17.1 Å². The Hall–Kier alpha value is -1.55. The van der Waals surface area contributed by atoms with Crippen molar-refractivity contribution in [2.45, 2.75) is 30.5 Å². The van der Waals surface area contributed by atoms with E-state index in [1.165, 1.54) is 12.3 Å². The van der Waals surface area contributed by atoms with Crippen LogP contribution in [0.1, 0.15) is 24.1 Å². The van der Waals surface area contributed by atoms with Gasteiger partial charge in [0.25, 0.3) is 0 Å². The van der Waals surface area contributed by atoms with Crippen molar-refractivity contribution >= 4 is 0 Å². The minimum atomic E-state index is -1.10. The lowest BCUT2D eigenvalue weighted by molar-refractivity contribution is -0.0805. The van der Waals surface area contributed by atoms with Crippen LogP contribution in [0.15, 0.2) is 12.3 Å². The van der Waals surface area contributed by atoms with Gasteiger partial charge in [-0.15, -0.1) is 0 Å². The highest BCUT2D eigenvalue weighted by Gasteiger charge is 2.42. The van der Waals surface area contributed by atoms with Gasteiger partial charge in [0, 0.05) is 23.8 Å². The number of hydrogen-bond acceptors (Lipinski definition) is 5. The van der Waals surface area contributed by atoms with Gasteiger partial charge < -0.3 is 15.2 Å². The molecule has 0 aromatic carbocycles. The summed E-state index contributed by atoms with van der Waals surface area (Å²) in [6, 6.07) is 3.03. The summed E-state index contributed by atoms with van der Waals surface area (Å²) in [7, 11) is 0. The van der Waals surface area contributed by atoms with Crippen LogP contribution in [0.4, 0.5) is 4.39 Å². The molecule has 6 heteroatoms. The molecule has 2 fully saturated rings. The number of aliphatic hydroxyl groups is 1. The summed E-state index contributed by atoms with van der Waals surface area (Å²) in [5.41, 5.74) is -0.918. The number of fused-ring (bicyclic) bond motifs is 2. The van der Waals surface area contributed by atoms with Crippen molar-refractivity contribution in [3.05, 3.63) is 29.3 Å². The molecule has 2 aliphatic heterocycles. The Morgan fingerprint density at radius 1 is 1.47 bits per heavy atom. The van der Waals surface area contributed by atoms with Crippen LogP contribution in [-0.4, -0.2) is 35.4 Å². The van der Waals surface area contributed by atoms with E-state index >= 15 is 0 Å². The Morgan fingerprint density at radius 2 is 2.16 bits per heavy atom. The van der Waals surface area contributed by atoms with Gasteiger partial charge in [0.1, 0.15) is 6.07 Å². The number of nitrogens with one attached hydrogen (secondary N) is 1. The third-order valence-electron chi connectivity index (χ3n) is 3.76. The molecule has 0 spiro atoms. The normalized spacial score (nSPS) is 33.7. The third-order valence-corrected chi connectivity index (χ3v) is 3.76. The Kier molecular flexibility index (Phi) is 2.97. The van der Waals surface area contributed by atoms with E-state index in [4.69, 9.17) is 10.00 Å². The van der Waals surface area contributed by atoms with Gasteiger partial charge in [-0.2, -0.15) is 5.26 Å². The number of halogens is 1. The standard InChI is InChI=1S/C13H14FN3O2/c14-11-1-8(5-16-12(11)4-15)13(18)2-9-6-19-7-10(3-13)17-9/h1,5,9-10,17-18H,2-3,6-7H2. The monoisotopic (exact) mass is 263 g/mol. The van der Waals surface area contributed by atoms with Crippen LogP contribution in [0.3, 0.4) is 0 Å². The number of hydrogen-bond donors (Lipinski definition) is 2. The first-order chi connectivity index (χ1) is 9.10. The number of morpholine rings is 1. The van der Waals surface area contributed by atoms with E-state index in [0.717, 1.165) is 0 Å². The Morgan fingerprint density at radius 3 is 2.74 bits per heavy atom. The quantitative estimate of drug-likeness (QED) is 0.768. The third kappa shape index (κ3) is 2.21. The molecule has 2 aliphatic rings. The molecule has 2 atom stereocenters. The highest BCUT2D eigenvalue weighted by atomic mass is 19.1. The zero-order valence-electron chi connectivity index (χ0n) is 10.3. The minimum Gasteiger partial charge on any atom is -0.385 e. The summed E-state index contributed by atoms with van der Waals surface area (Å²) in [5, 5.41) is 22.8. The molecular weight excluding hydrogens is 249 g/mol. The summed E-state index contributed by atoms with van der Waals surface area (Å²) in [5.74, 6) is -0.687. The molecule has 100 valence electrons. The Bertz CT molecular complexity index is 531. The molecule has 0 saturated carbocycles. The lowest BCUT2D eigenvalue weighted by atomic mass is 9.78. The van der Waals surface area contributed by atoms with Crippen molar-refractivity contribution in [3.63, 3.8) is 0 Å². The van der Waals surface area contributed by atoms with Gasteiger partial charge in [-0.1, -0.05) is 0 Å². The first-order valence-electron chi connectivity index (χ1n) is 6.23. The fourth-order valence-electron chi connectivity index (χ4n) is 2.93. The smallest absolute Gasteiger partial charge is 0.176 e. The average molecular weight is 263 g/mol. The van der Waals surface area contributed by atoms with E-state index in [-0.39, 0.29) is 17.8 Å². The number of aromatic nitrogens is 1. The van der Waals surface area contributed by atoms with Crippen LogP contribution in [-0.2, 0) is 10.3 Å². The first-order valence-corrected chi connectivity index (χ1v) is 6.23. The number of ether oxygens (including phenoxy) is 1. The van der Waals surface area contributed by atoms with E-state index in [2.05, 4.69) is 10.3 Å². The molecule has 3 heterocycles. The van der Waals surface area contributed by atoms with Crippen molar-refractivity contribution in [1.29, 1.82) is 5.26 Å². The fraction of sp³-hybridized carbons (Fsp3) is 0.538. The Labute approximate surface area is 110 Å². The lowest BCUT2D eigenvalue weighted by Crippen LogP contribution is -2.58. The number of nitrogens with zero attached hydrogens (tertiary/aromatic N) is 2. The maximum atomic E-state index is 13.6. The van der Waals surface area contributed by atoms with E-state index in [0.29, 0.717) is 31.6 Å². The number of piperidine rings is 1. The van der Waals surface area contributed by atoms with E-state index in [1.807, 2.05) is 0 Å². The van der Waals surface area contributed by atoms with Crippen molar-refractivity contribution in [3.8, 4) is 6.07 Å². The second-order valence-corrected chi connectivity index (χ2v) is 5.20. The molecule has 2 unspecified atom stereocenters. The second-order valence-electron chi connectivity index (χ2n) is 5.20. The summed E-state index contributed by atoms with van der Waals surface area (Å²) < 4.78 is 19.0. The predicted octanol–water partition coefficient (Wildman–Crippen LogP) is 0.431. The minimum absolute atomic E-state index is 0.0659. The summed E-state index contributed by atoms with van der Waals surface area (Å²) in [6.45, 7) is 1.09. The van der Waals surface area contributed by atoms with Gasteiger partial charge in [0.2, 0.25) is 0 Å². The van der Waals surface area contributed by atoms with Crippen LogP contribution >= 0.6 is 0 Å². The topological polar surface area (TPSA) is 78.2 Å². The van der Waals surface area contributed by atoms with E-state index in [1.54, 1.807) is 6.07 Å². The molecule has 2 saturated heterocycles. The van der Waals surface area contributed by atoms with Crippen molar-refractivity contribution < 1.29 is 14.2 Å².